The first kappa shape index (κ1) is 21.4. The van der Waals surface area contributed by atoms with Crippen molar-refractivity contribution in [3.8, 4) is 11.5 Å². The summed E-state index contributed by atoms with van der Waals surface area (Å²) < 4.78 is 11.3. The van der Waals surface area contributed by atoms with Crippen LogP contribution in [0.2, 0.25) is 0 Å². The van der Waals surface area contributed by atoms with Crippen molar-refractivity contribution in [3.63, 3.8) is 0 Å². The summed E-state index contributed by atoms with van der Waals surface area (Å²) in [5.41, 5.74) is 3.04. The van der Waals surface area contributed by atoms with E-state index in [-0.39, 0.29) is 23.7 Å². The van der Waals surface area contributed by atoms with E-state index in [0.29, 0.717) is 37.1 Å². The Morgan fingerprint density at radius 2 is 1.94 bits per heavy atom. The number of benzene rings is 2. The molecule has 5 rings (SSSR count). The standard InChI is InChI=1S/C26H29N3O4/c1-32-23-9-5-7-19(25(23)33-2)21(20-13-27-22-8-4-3-6-18(20)22)14-28-26(31)16-12-24(30)29(15-16)17-10-11-17/h3-9,13,16-17,21,27H,10-12,14-15H2,1-2H3,(H,28,31)/t16-,21+/m0/s1. The van der Waals surface area contributed by atoms with Gasteiger partial charge >= 0.3 is 0 Å². The number of aromatic nitrogens is 1. The fourth-order valence-electron chi connectivity index (χ4n) is 4.95. The van der Waals surface area contributed by atoms with E-state index >= 15 is 0 Å². The van der Waals surface area contributed by atoms with Gasteiger partial charge in [0.1, 0.15) is 0 Å². The van der Waals surface area contributed by atoms with Gasteiger partial charge in [-0.1, -0.05) is 30.3 Å². The normalized spacial score (nSPS) is 19.0. The Morgan fingerprint density at radius 1 is 1.12 bits per heavy atom. The number of carbonyl (C=O) groups is 2. The number of hydrogen-bond acceptors (Lipinski definition) is 4. The molecular formula is C26H29N3O4. The van der Waals surface area contributed by atoms with Gasteiger partial charge in [-0.3, -0.25) is 9.59 Å². The Kier molecular flexibility index (Phi) is 5.70. The molecule has 2 aromatic carbocycles. The van der Waals surface area contributed by atoms with E-state index in [1.54, 1.807) is 14.2 Å². The fraction of sp³-hybridized carbons (Fsp3) is 0.385. The summed E-state index contributed by atoms with van der Waals surface area (Å²) in [5.74, 6) is 0.868. The second kappa shape index (κ2) is 8.81. The summed E-state index contributed by atoms with van der Waals surface area (Å²) in [5, 5.41) is 4.23. The van der Waals surface area contributed by atoms with Crippen molar-refractivity contribution >= 4 is 22.7 Å². The number of nitrogens with zero attached hydrogens (tertiary/aromatic N) is 1. The zero-order valence-electron chi connectivity index (χ0n) is 19.0. The largest absolute Gasteiger partial charge is 0.493 e. The van der Waals surface area contributed by atoms with Crippen LogP contribution in [0.4, 0.5) is 0 Å². The Labute approximate surface area is 193 Å². The summed E-state index contributed by atoms with van der Waals surface area (Å²) in [7, 11) is 3.25. The summed E-state index contributed by atoms with van der Waals surface area (Å²) in [4.78, 5) is 30.6. The molecule has 1 aromatic heterocycles. The van der Waals surface area contributed by atoms with Gasteiger partial charge in [-0.15, -0.1) is 0 Å². The van der Waals surface area contributed by atoms with E-state index in [1.165, 1.54) is 0 Å². The van der Waals surface area contributed by atoms with E-state index in [9.17, 15) is 9.59 Å². The number of carbonyl (C=O) groups excluding carboxylic acids is 2. The van der Waals surface area contributed by atoms with E-state index in [1.807, 2.05) is 47.5 Å². The van der Waals surface area contributed by atoms with Gasteiger partial charge in [-0.25, -0.2) is 0 Å². The molecule has 1 saturated carbocycles. The number of aromatic amines is 1. The zero-order chi connectivity index (χ0) is 22.9. The molecule has 0 unspecified atom stereocenters. The lowest BCUT2D eigenvalue weighted by Crippen LogP contribution is -2.36. The molecule has 1 aliphatic heterocycles. The van der Waals surface area contributed by atoms with Crippen molar-refractivity contribution < 1.29 is 19.1 Å². The van der Waals surface area contributed by atoms with Crippen molar-refractivity contribution in [2.75, 3.05) is 27.3 Å². The van der Waals surface area contributed by atoms with Crippen LogP contribution in [-0.2, 0) is 9.59 Å². The van der Waals surface area contributed by atoms with Crippen LogP contribution >= 0.6 is 0 Å². The van der Waals surface area contributed by atoms with E-state index in [2.05, 4.69) is 16.4 Å². The Balaban J connectivity index is 1.44. The third-order valence-corrected chi connectivity index (χ3v) is 6.80. The molecule has 2 fully saturated rings. The number of ether oxygens (including phenoxy) is 2. The van der Waals surface area contributed by atoms with Crippen LogP contribution in [0.3, 0.4) is 0 Å². The highest BCUT2D eigenvalue weighted by Gasteiger charge is 2.41. The van der Waals surface area contributed by atoms with Gasteiger partial charge in [0, 0.05) is 54.1 Å². The van der Waals surface area contributed by atoms with E-state index < -0.39 is 0 Å². The van der Waals surface area contributed by atoms with Crippen LogP contribution in [0.15, 0.2) is 48.7 Å². The van der Waals surface area contributed by atoms with Crippen molar-refractivity contribution in [1.29, 1.82) is 0 Å². The van der Waals surface area contributed by atoms with Gasteiger partial charge < -0.3 is 24.7 Å². The van der Waals surface area contributed by atoms with Crippen LogP contribution in [0.1, 0.15) is 36.3 Å². The van der Waals surface area contributed by atoms with Gasteiger partial charge in [0.2, 0.25) is 11.8 Å². The molecule has 1 saturated heterocycles. The lowest BCUT2D eigenvalue weighted by Gasteiger charge is -2.22. The first-order valence-corrected chi connectivity index (χ1v) is 11.4. The second-order valence-corrected chi connectivity index (χ2v) is 8.85. The Morgan fingerprint density at radius 3 is 2.70 bits per heavy atom. The number of amides is 2. The minimum absolute atomic E-state index is 0.0711. The maximum Gasteiger partial charge on any atom is 0.225 e. The minimum Gasteiger partial charge on any atom is -0.493 e. The fourth-order valence-corrected chi connectivity index (χ4v) is 4.95. The smallest absolute Gasteiger partial charge is 0.225 e. The third kappa shape index (κ3) is 4.03. The monoisotopic (exact) mass is 447 g/mol. The van der Waals surface area contributed by atoms with Crippen LogP contribution in [-0.4, -0.2) is 55.0 Å². The van der Waals surface area contributed by atoms with Crippen molar-refractivity contribution in [1.82, 2.24) is 15.2 Å². The third-order valence-electron chi connectivity index (χ3n) is 6.80. The van der Waals surface area contributed by atoms with Gasteiger partial charge in [0.15, 0.2) is 11.5 Å². The summed E-state index contributed by atoms with van der Waals surface area (Å²) in [6.45, 7) is 0.911. The predicted octanol–water partition coefficient (Wildman–Crippen LogP) is 3.44. The molecule has 2 N–H and O–H groups in total. The van der Waals surface area contributed by atoms with Crippen molar-refractivity contribution in [2.24, 2.45) is 5.92 Å². The minimum atomic E-state index is -0.297. The number of rotatable bonds is 8. The van der Waals surface area contributed by atoms with Crippen LogP contribution in [0.25, 0.3) is 10.9 Å². The first-order valence-electron chi connectivity index (χ1n) is 11.4. The number of para-hydroxylation sites is 2. The summed E-state index contributed by atoms with van der Waals surface area (Å²) in [6.07, 6.45) is 4.40. The zero-order valence-corrected chi connectivity index (χ0v) is 19.0. The number of methoxy groups -OCH3 is 2. The lowest BCUT2D eigenvalue weighted by atomic mass is 9.89. The molecule has 2 amide bonds. The Hall–Kier alpha value is -3.48. The molecule has 2 heterocycles. The van der Waals surface area contributed by atoms with E-state index in [0.717, 1.165) is 34.9 Å². The lowest BCUT2D eigenvalue weighted by molar-refractivity contribution is -0.129. The predicted molar refractivity (Wildman–Crippen MR) is 126 cm³/mol. The number of nitrogens with one attached hydrogen (secondary N) is 2. The molecule has 7 nitrogen and oxygen atoms in total. The average Bonchev–Trinajstić information content (AvgIpc) is 3.48. The number of H-pyrrole nitrogens is 1. The molecule has 0 bridgehead atoms. The van der Waals surface area contributed by atoms with Crippen LogP contribution in [0, 0.1) is 5.92 Å². The molecule has 3 aromatic rings. The first-order chi connectivity index (χ1) is 16.1. The van der Waals surface area contributed by atoms with Gasteiger partial charge in [0.05, 0.1) is 20.1 Å². The van der Waals surface area contributed by atoms with Gasteiger partial charge in [-0.2, -0.15) is 0 Å². The van der Waals surface area contributed by atoms with E-state index in [4.69, 9.17) is 9.47 Å². The molecule has 7 heteroatoms. The molecule has 172 valence electrons. The molecular weight excluding hydrogens is 418 g/mol. The van der Waals surface area contributed by atoms with Gasteiger partial charge in [-0.05, 0) is 30.5 Å². The molecule has 2 atom stereocenters. The molecule has 1 aliphatic carbocycles. The van der Waals surface area contributed by atoms with Gasteiger partial charge in [0.25, 0.3) is 0 Å². The SMILES string of the molecule is COc1cccc([C@@H](CNC(=O)[C@H]2CC(=O)N(C3CC3)C2)c2c[nH]c3ccccc23)c1OC. The molecule has 2 aliphatic rings. The van der Waals surface area contributed by atoms with Crippen molar-refractivity contribution in [2.45, 2.75) is 31.2 Å². The highest BCUT2D eigenvalue weighted by Crippen LogP contribution is 2.40. The molecule has 33 heavy (non-hydrogen) atoms. The number of fused-ring (bicyclic) bond motifs is 1. The summed E-state index contributed by atoms with van der Waals surface area (Å²) in [6, 6.07) is 14.3. The van der Waals surface area contributed by atoms with Crippen molar-refractivity contribution in [3.05, 3.63) is 59.8 Å². The topological polar surface area (TPSA) is 83.7 Å². The maximum atomic E-state index is 13.1. The number of likely N-dealkylation sites (tertiary alicyclic amines) is 1. The van der Waals surface area contributed by atoms with Crippen LogP contribution in [0.5, 0.6) is 11.5 Å². The maximum absolute atomic E-state index is 13.1. The molecule has 0 radical (unpaired) electrons. The quantitative estimate of drug-likeness (QED) is 0.554. The highest BCUT2D eigenvalue weighted by atomic mass is 16.5. The summed E-state index contributed by atoms with van der Waals surface area (Å²) >= 11 is 0. The molecule has 0 spiro atoms. The van der Waals surface area contributed by atoms with Crippen LogP contribution < -0.4 is 14.8 Å². The Bertz CT molecular complexity index is 1180. The second-order valence-electron chi connectivity index (χ2n) is 8.85. The number of hydrogen-bond donors (Lipinski definition) is 2. The average molecular weight is 448 g/mol. The highest BCUT2D eigenvalue weighted by molar-refractivity contribution is 5.90.